The highest BCUT2D eigenvalue weighted by Gasteiger charge is 2.08. The fraction of sp³-hybridized carbons (Fsp3) is 0.625. The van der Waals surface area contributed by atoms with E-state index in [1.54, 1.807) is 0 Å². The first-order chi connectivity index (χ1) is 8.65. The van der Waals surface area contributed by atoms with Crippen LogP contribution in [0, 0.1) is 0 Å². The number of hydrogen-bond acceptors (Lipinski definition) is 2. The lowest BCUT2D eigenvalue weighted by atomic mass is 9.98. The van der Waals surface area contributed by atoms with Gasteiger partial charge in [-0.1, -0.05) is 45.9 Å². The highest BCUT2D eigenvalue weighted by atomic mass is 16.5. The van der Waals surface area contributed by atoms with Gasteiger partial charge >= 0.3 is 0 Å². The van der Waals surface area contributed by atoms with Crippen LogP contribution in [0.25, 0.3) is 0 Å². The highest BCUT2D eigenvalue weighted by Crippen LogP contribution is 2.28. The van der Waals surface area contributed by atoms with Gasteiger partial charge in [0, 0.05) is 6.04 Å². The van der Waals surface area contributed by atoms with Crippen molar-refractivity contribution in [2.75, 3.05) is 13.2 Å². The second-order valence-electron chi connectivity index (χ2n) is 5.16. The lowest BCUT2D eigenvalue weighted by Gasteiger charge is -2.16. The molecule has 0 saturated carbocycles. The largest absolute Gasteiger partial charge is 0.493 e. The van der Waals surface area contributed by atoms with E-state index in [1.807, 2.05) is 6.07 Å². The maximum atomic E-state index is 5.90. The Morgan fingerprint density at radius 1 is 1.17 bits per heavy atom. The SMILES string of the molecule is CCC(C)c1ccccc1OCCCNC(C)C. The smallest absolute Gasteiger partial charge is 0.122 e. The molecule has 0 fully saturated rings. The molecule has 0 heterocycles. The average molecular weight is 249 g/mol. The van der Waals surface area contributed by atoms with Gasteiger partial charge in [0.1, 0.15) is 5.75 Å². The number of nitrogens with one attached hydrogen (secondary N) is 1. The summed E-state index contributed by atoms with van der Waals surface area (Å²) in [5, 5.41) is 3.40. The van der Waals surface area contributed by atoms with Crippen molar-refractivity contribution in [2.24, 2.45) is 0 Å². The van der Waals surface area contributed by atoms with E-state index in [2.05, 4.69) is 51.2 Å². The minimum atomic E-state index is 0.553. The minimum absolute atomic E-state index is 0.553. The van der Waals surface area contributed by atoms with E-state index in [1.165, 1.54) is 5.56 Å². The summed E-state index contributed by atoms with van der Waals surface area (Å²) in [5.41, 5.74) is 1.33. The summed E-state index contributed by atoms with van der Waals surface area (Å²) in [6.07, 6.45) is 2.20. The number of para-hydroxylation sites is 1. The molecule has 1 rings (SSSR count). The summed E-state index contributed by atoms with van der Waals surface area (Å²) in [6.45, 7) is 10.6. The molecule has 18 heavy (non-hydrogen) atoms. The van der Waals surface area contributed by atoms with E-state index in [0.29, 0.717) is 12.0 Å². The number of ether oxygens (including phenoxy) is 1. The predicted octanol–water partition coefficient (Wildman–Crippen LogP) is 3.97. The Morgan fingerprint density at radius 2 is 1.89 bits per heavy atom. The van der Waals surface area contributed by atoms with Crippen LogP contribution in [0.3, 0.4) is 0 Å². The van der Waals surface area contributed by atoms with Crippen molar-refractivity contribution in [3.63, 3.8) is 0 Å². The molecule has 2 heteroatoms. The van der Waals surface area contributed by atoms with Gasteiger partial charge < -0.3 is 10.1 Å². The number of hydrogen-bond donors (Lipinski definition) is 1. The van der Waals surface area contributed by atoms with Crippen molar-refractivity contribution in [2.45, 2.75) is 52.5 Å². The molecule has 1 aromatic carbocycles. The minimum Gasteiger partial charge on any atom is -0.493 e. The quantitative estimate of drug-likeness (QED) is 0.704. The van der Waals surface area contributed by atoms with Crippen LogP contribution >= 0.6 is 0 Å². The van der Waals surface area contributed by atoms with Crippen molar-refractivity contribution in [3.05, 3.63) is 29.8 Å². The normalized spacial score (nSPS) is 12.7. The Labute approximate surface area is 112 Å². The maximum Gasteiger partial charge on any atom is 0.122 e. The van der Waals surface area contributed by atoms with Gasteiger partial charge in [-0.25, -0.2) is 0 Å². The third-order valence-electron chi connectivity index (χ3n) is 3.19. The first-order valence-corrected chi connectivity index (χ1v) is 7.10. The zero-order valence-electron chi connectivity index (χ0n) is 12.2. The molecule has 0 aliphatic rings. The van der Waals surface area contributed by atoms with Gasteiger partial charge in [0.15, 0.2) is 0 Å². The van der Waals surface area contributed by atoms with Gasteiger partial charge in [0.05, 0.1) is 6.61 Å². The van der Waals surface area contributed by atoms with Crippen LogP contribution in [0.5, 0.6) is 5.75 Å². The second kappa shape index (κ2) is 8.15. The topological polar surface area (TPSA) is 21.3 Å². The van der Waals surface area contributed by atoms with E-state index in [0.717, 1.165) is 31.7 Å². The zero-order valence-corrected chi connectivity index (χ0v) is 12.2. The van der Waals surface area contributed by atoms with Gasteiger partial charge in [-0.15, -0.1) is 0 Å². The molecule has 0 aliphatic carbocycles. The Hall–Kier alpha value is -1.02. The highest BCUT2D eigenvalue weighted by molar-refractivity contribution is 5.35. The van der Waals surface area contributed by atoms with Gasteiger partial charge in [0.25, 0.3) is 0 Å². The van der Waals surface area contributed by atoms with Crippen molar-refractivity contribution in [1.82, 2.24) is 5.32 Å². The van der Waals surface area contributed by atoms with Crippen molar-refractivity contribution < 1.29 is 4.74 Å². The van der Waals surface area contributed by atoms with Crippen LogP contribution in [0.1, 0.15) is 52.0 Å². The number of benzene rings is 1. The Morgan fingerprint density at radius 3 is 2.56 bits per heavy atom. The third kappa shape index (κ3) is 5.09. The Balaban J connectivity index is 2.42. The molecule has 102 valence electrons. The number of rotatable bonds is 8. The van der Waals surface area contributed by atoms with E-state index in [4.69, 9.17) is 4.74 Å². The Bertz CT molecular complexity index is 336. The molecule has 0 aliphatic heterocycles. The van der Waals surface area contributed by atoms with E-state index in [9.17, 15) is 0 Å². The van der Waals surface area contributed by atoms with Crippen LogP contribution in [0.4, 0.5) is 0 Å². The van der Waals surface area contributed by atoms with Gasteiger partial charge in [-0.3, -0.25) is 0 Å². The summed E-state index contributed by atoms with van der Waals surface area (Å²) in [6, 6.07) is 8.95. The first kappa shape index (κ1) is 15.0. The zero-order chi connectivity index (χ0) is 13.4. The molecular formula is C16H27NO. The summed E-state index contributed by atoms with van der Waals surface area (Å²) in [5.74, 6) is 1.62. The van der Waals surface area contributed by atoms with E-state index in [-0.39, 0.29) is 0 Å². The summed E-state index contributed by atoms with van der Waals surface area (Å²) in [7, 11) is 0. The van der Waals surface area contributed by atoms with Crippen LogP contribution in [0.2, 0.25) is 0 Å². The van der Waals surface area contributed by atoms with Gasteiger partial charge in [0.2, 0.25) is 0 Å². The fourth-order valence-electron chi connectivity index (χ4n) is 1.88. The molecule has 0 bridgehead atoms. The second-order valence-corrected chi connectivity index (χ2v) is 5.16. The van der Waals surface area contributed by atoms with E-state index < -0.39 is 0 Å². The van der Waals surface area contributed by atoms with Crippen molar-refractivity contribution in [3.8, 4) is 5.75 Å². The molecule has 1 unspecified atom stereocenters. The lowest BCUT2D eigenvalue weighted by Crippen LogP contribution is -2.24. The molecule has 0 saturated heterocycles. The molecule has 1 N–H and O–H groups in total. The third-order valence-corrected chi connectivity index (χ3v) is 3.19. The molecule has 1 aromatic rings. The first-order valence-electron chi connectivity index (χ1n) is 7.10. The lowest BCUT2D eigenvalue weighted by molar-refractivity contribution is 0.301. The molecule has 0 aromatic heterocycles. The van der Waals surface area contributed by atoms with Crippen LogP contribution in [0.15, 0.2) is 24.3 Å². The van der Waals surface area contributed by atoms with Gasteiger partial charge in [-0.2, -0.15) is 0 Å². The molecule has 0 amide bonds. The van der Waals surface area contributed by atoms with Crippen molar-refractivity contribution in [1.29, 1.82) is 0 Å². The standard InChI is InChI=1S/C16H27NO/c1-5-14(4)15-9-6-7-10-16(15)18-12-8-11-17-13(2)3/h6-7,9-10,13-14,17H,5,8,11-12H2,1-4H3. The molecule has 0 radical (unpaired) electrons. The summed E-state index contributed by atoms with van der Waals surface area (Å²) < 4.78 is 5.90. The van der Waals surface area contributed by atoms with Crippen molar-refractivity contribution >= 4 is 0 Å². The monoisotopic (exact) mass is 249 g/mol. The van der Waals surface area contributed by atoms with E-state index >= 15 is 0 Å². The molecule has 2 nitrogen and oxygen atoms in total. The Kier molecular flexibility index (Phi) is 6.81. The average Bonchev–Trinajstić information content (AvgIpc) is 2.37. The van der Waals surface area contributed by atoms with Crippen LogP contribution < -0.4 is 10.1 Å². The molecule has 0 spiro atoms. The molecular weight excluding hydrogens is 222 g/mol. The fourth-order valence-corrected chi connectivity index (χ4v) is 1.88. The summed E-state index contributed by atoms with van der Waals surface area (Å²) in [4.78, 5) is 0. The van der Waals surface area contributed by atoms with Crippen LogP contribution in [-0.2, 0) is 0 Å². The maximum absolute atomic E-state index is 5.90. The van der Waals surface area contributed by atoms with Gasteiger partial charge in [-0.05, 0) is 36.9 Å². The van der Waals surface area contributed by atoms with Crippen LogP contribution in [-0.4, -0.2) is 19.2 Å². The predicted molar refractivity (Wildman–Crippen MR) is 78.4 cm³/mol. The summed E-state index contributed by atoms with van der Waals surface area (Å²) >= 11 is 0. The molecule has 1 atom stereocenters.